The number of benzene rings is 2. The number of piperazine rings is 1. The smallest absolute Gasteiger partial charge is 0.495 e. The molecule has 178 valence electrons. The molecule has 1 aliphatic heterocycles. The lowest BCUT2D eigenvalue weighted by molar-refractivity contribution is -0.274. The van der Waals surface area contributed by atoms with E-state index >= 15 is 0 Å². The Balaban J connectivity index is 1.38. The van der Waals surface area contributed by atoms with Gasteiger partial charge in [0.2, 0.25) is 0 Å². The third kappa shape index (κ3) is 7.28. The number of halogens is 3. The number of hydrogen-bond donors (Lipinski definition) is 2. The summed E-state index contributed by atoms with van der Waals surface area (Å²) in [4.78, 5) is 28.4. The monoisotopic (exact) mass is 466 g/mol. The Morgan fingerprint density at radius 3 is 2.27 bits per heavy atom. The van der Waals surface area contributed by atoms with Crippen LogP contribution < -0.4 is 25.0 Å². The van der Waals surface area contributed by atoms with Crippen molar-refractivity contribution in [2.24, 2.45) is 0 Å². The summed E-state index contributed by atoms with van der Waals surface area (Å²) in [6, 6.07) is 12.4. The molecule has 0 spiro atoms. The third-order valence-corrected chi connectivity index (χ3v) is 5.06. The van der Waals surface area contributed by atoms with Crippen LogP contribution in [0.3, 0.4) is 0 Å². The van der Waals surface area contributed by atoms with Crippen molar-refractivity contribution in [2.45, 2.75) is 6.36 Å². The maximum Gasteiger partial charge on any atom is 0.573 e. The highest BCUT2D eigenvalue weighted by Gasteiger charge is 2.31. The molecule has 0 radical (unpaired) electrons. The van der Waals surface area contributed by atoms with E-state index in [-0.39, 0.29) is 5.69 Å². The Hall–Kier alpha value is -3.47. The van der Waals surface area contributed by atoms with Gasteiger partial charge in [0.25, 0.3) is 0 Å². The number of rotatable bonds is 7. The Morgan fingerprint density at radius 1 is 0.970 bits per heavy atom. The lowest BCUT2D eigenvalue weighted by Crippen LogP contribution is -2.49. The molecule has 8 nitrogen and oxygen atoms in total. The van der Waals surface area contributed by atoms with Crippen molar-refractivity contribution in [2.75, 3.05) is 56.6 Å². The SMILES string of the molecule is COc1ccccc1N1CCN(CCNC(=O)C(=O)Nc2ccc(OC(F)(F)F)cc2)CC1. The van der Waals surface area contributed by atoms with E-state index in [2.05, 4.69) is 25.2 Å². The van der Waals surface area contributed by atoms with Gasteiger partial charge in [-0.2, -0.15) is 0 Å². The standard InChI is InChI=1S/C22H25F3N4O4/c1-32-19-5-3-2-4-18(19)29-14-12-28(13-15-29)11-10-26-20(30)21(31)27-16-6-8-17(9-7-16)33-22(23,24)25/h2-9H,10-15H2,1H3,(H,26,30)(H,27,31). The number of alkyl halides is 3. The lowest BCUT2D eigenvalue weighted by atomic mass is 10.2. The fraction of sp³-hybridized carbons (Fsp3) is 0.364. The van der Waals surface area contributed by atoms with Crippen LogP contribution in [-0.4, -0.2) is 69.5 Å². The molecule has 1 aliphatic rings. The van der Waals surface area contributed by atoms with Gasteiger partial charge in [-0.1, -0.05) is 12.1 Å². The quantitative estimate of drug-likeness (QED) is 0.611. The summed E-state index contributed by atoms with van der Waals surface area (Å²) in [7, 11) is 1.64. The average molecular weight is 466 g/mol. The van der Waals surface area contributed by atoms with Crippen molar-refractivity contribution in [3.8, 4) is 11.5 Å². The molecule has 0 unspecified atom stereocenters. The highest BCUT2D eigenvalue weighted by molar-refractivity contribution is 6.39. The van der Waals surface area contributed by atoms with Gasteiger partial charge in [0.05, 0.1) is 12.8 Å². The largest absolute Gasteiger partial charge is 0.573 e. The summed E-state index contributed by atoms with van der Waals surface area (Å²) in [5.41, 5.74) is 1.22. The van der Waals surface area contributed by atoms with Crippen molar-refractivity contribution < 1.29 is 32.2 Å². The van der Waals surface area contributed by atoms with Crippen LogP contribution in [0.15, 0.2) is 48.5 Å². The van der Waals surface area contributed by atoms with Gasteiger partial charge in [-0.15, -0.1) is 13.2 Å². The number of ether oxygens (including phenoxy) is 2. The van der Waals surface area contributed by atoms with Gasteiger partial charge in [-0.3, -0.25) is 14.5 Å². The number of hydrogen-bond acceptors (Lipinski definition) is 6. The molecular formula is C22H25F3N4O4. The first-order valence-corrected chi connectivity index (χ1v) is 10.3. The van der Waals surface area contributed by atoms with Crippen molar-refractivity contribution in [3.63, 3.8) is 0 Å². The topological polar surface area (TPSA) is 83.1 Å². The number of para-hydroxylation sites is 2. The van der Waals surface area contributed by atoms with Crippen molar-refractivity contribution >= 4 is 23.2 Å². The summed E-state index contributed by atoms with van der Waals surface area (Å²) >= 11 is 0. The molecule has 0 saturated carbocycles. The summed E-state index contributed by atoms with van der Waals surface area (Å²) < 4.78 is 45.7. The van der Waals surface area contributed by atoms with Crippen molar-refractivity contribution in [3.05, 3.63) is 48.5 Å². The fourth-order valence-electron chi connectivity index (χ4n) is 3.44. The number of amides is 2. The van der Waals surface area contributed by atoms with E-state index in [1.807, 2.05) is 24.3 Å². The zero-order chi connectivity index (χ0) is 23.8. The van der Waals surface area contributed by atoms with Crippen LogP contribution in [0.4, 0.5) is 24.5 Å². The Bertz CT molecular complexity index is 945. The lowest BCUT2D eigenvalue weighted by Gasteiger charge is -2.36. The molecule has 2 aromatic carbocycles. The summed E-state index contributed by atoms with van der Waals surface area (Å²) in [5.74, 6) is -1.32. The van der Waals surface area contributed by atoms with Gasteiger partial charge >= 0.3 is 18.2 Å². The van der Waals surface area contributed by atoms with Gasteiger partial charge in [-0.05, 0) is 36.4 Å². The fourth-order valence-corrected chi connectivity index (χ4v) is 3.44. The minimum Gasteiger partial charge on any atom is -0.495 e. The first kappa shape index (κ1) is 24.2. The van der Waals surface area contributed by atoms with Gasteiger partial charge in [0.1, 0.15) is 11.5 Å². The Labute approximate surface area is 189 Å². The van der Waals surface area contributed by atoms with E-state index in [0.29, 0.717) is 13.1 Å². The molecule has 0 aromatic heterocycles. The second-order valence-corrected chi connectivity index (χ2v) is 7.28. The molecule has 3 rings (SSSR count). The van der Waals surface area contributed by atoms with Crippen LogP contribution >= 0.6 is 0 Å². The van der Waals surface area contributed by atoms with Crippen LogP contribution in [0.1, 0.15) is 0 Å². The van der Waals surface area contributed by atoms with Crippen LogP contribution in [-0.2, 0) is 9.59 Å². The maximum absolute atomic E-state index is 12.2. The van der Waals surface area contributed by atoms with Gasteiger partial charge < -0.3 is 25.0 Å². The van der Waals surface area contributed by atoms with Crippen LogP contribution in [0, 0.1) is 0 Å². The van der Waals surface area contributed by atoms with Crippen molar-refractivity contribution in [1.29, 1.82) is 0 Å². The molecular weight excluding hydrogens is 441 g/mol. The molecule has 1 heterocycles. The van der Waals surface area contributed by atoms with Gasteiger partial charge in [0, 0.05) is 45.0 Å². The highest BCUT2D eigenvalue weighted by atomic mass is 19.4. The molecule has 1 fully saturated rings. The molecule has 0 bridgehead atoms. The maximum atomic E-state index is 12.2. The second kappa shape index (κ2) is 10.9. The van der Waals surface area contributed by atoms with Crippen LogP contribution in [0.5, 0.6) is 11.5 Å². The molecule has 2 aromatic rings. The molecule has 0 atom stereocenters. The van der Waals surface area contributed by atoms with E-state index in [9.17, 15) is 22.8 Å². The number of nitrogens with one attached hydrogen (secondary N) is 2. The first-order chi connectivity index (χ1) is 15.7. The van der Waals surface area contributed by atoms with E-state index in [1.165, 1.54) is 12.1 Å². The van der Waals surface area contributed by atoms with Gasteiger partial charge in [0.15, 0.2) is 0 Å². The number of carbonyl (C=O) groups excluding carboxylic acids is 2. The minimum absolute atomic E-state index is 0.178. The second-order valence-electron chi connectivity index (χ2n) is 7.28. The van der Waals surface area contributed by atoms with Gasteiger partial charge in [-0.25, -0.2) is 0 Å². The summed E-state index contributed by atoms with van der Waals surface area (Å²) in [6.07, 6.45) is -4.80. The van der Waals surface area contributed by atoms with E-state index in [0.717, 1.165) is 49.7 Å². The predicted octanol–water partition coefficient (Wildman–Crippen LogP) is 2.47. The van der Waals surface area contributed by atoms with Crippen LogP contribution in [0.2, 0.25) is 0 Å². The molecule has 2 N–H and O–H groups in total. The molecule has 2 amide bonds. The zero-order valence-corrected chi connectivity index (χ0v) is 18.0. The molecule has 0 aliphatic carbocycles. The van der Waals surface area contributed by atoms with E-state index in [4.69, 9.17) is 4.74 Å². The molecule has 11 heteroatoms. The number of methoxy groups -OCH3 is 1. The minimum atomic E-state index is -4.80. The predicted molar refractivity (Wildman–Crippen MR) is 116 cm³/mol. The highest BCUT2D eigenvalue weighted by Crippen LogP contribution is 2.28. The summed E-state index contributed by atoms with van der Waals surface area (Å²) in [6.45, 7) is 4.09. The van der Waals surface area contributed by atoms with E-state index in [1.54, 1.807) is 7.11 Å². The number of nitrogens with zero attached hydrogens (tertiary/aromatic N) is 2. The molecule has 1 saturated heterocycles. The number of anilines is 2. The third-order valence-electron chi connectivity index (χ3n) is 5.06. The number of carbonyl (C=O) groups is 2. The molecule has 33 heavy (non-hydrogen) atoms. The van der Waals surface area contributed by atoms with Crippen LogP contribution in [0.25, 0.3) is 0 Å². The normalized spacial score (nSPS) is 14.5. The summed E-state index contributed by atoms with van der Waals surface area (Å²) in [5, 5.41) is 4.89. The average Bonchev–Trinajstić information content (AvgIpc) is 2.79. The Kier molecular flexibility index (Phi) is 7.99. The first-order valence-electron chi connectivity index (χ1n) is 10.3. The zero-order valence-electron chi connectivity index (χ0n) is 18.0. The van der Waals surface area contributed by atoms with Crippen molar-refractivity contribution in [1.82, 2.24) is 10.2 Å². The van der Waals surface area contributed by atoms with E-state index < -0.39 is 23.9 Å². The Morgan fingerprint density at radius 2 is 1.64 bits per heavy atom.